The van der Waals surface area contributed by atoms with E-state index in [1.54, 1.807) is 6.20 Å². The molecule has 0 bridgehead atoms. The summed E-state index contributed by atoms with van der Waals surface area (Å²) in [7, 11) is 0. The second-order valence-electron chi connectivity index (χ2n) is 4.99. The van der Waals surface area contributed by atoms with Crippen LogP contribution in [-0.2, 0) is 13.0 Å². The van der Waals surface area contributed by atoms with Crippen LogP contribution in [0.2, 0.25) is 0 Å². The SMILES string of the molecule is CCc1c(CNCC(C)C)cnn1-c1cccnn1. The molecule has 0 saturated heterocycles. The van der Waals surface area contributed by atoms with Crippen molar-refractivity contribution in [2.75, 3.05) is 6.54 Å². The molecule has 2 heterocycles. The molecule has 19 heavy (non-hydrogen) atoms. The van der Waals surface area contributed by atoms with Gasteiger partial charge < -0.3 is 5.32 Å². The van der Waals surface area contributed by atoms with Gasteiger partial charge in [-0.25, -0.2) is 4.68 Å². The smallest absolute Gasteiger partial charge is 0.175 e. The average molecular weight is 259 g/mol. The van der Waals surface area contributed by atoms with Gasteiger partial charge in [0.05, 0.1) is 11.9 Å². The lowest BCUT2D eigenvalue weighted by Crippen LogP contribution is -2.19. The van der Waals surface area contributed by atoms with Crippen LogP contribution in [0.5, 0.6) is 0 Å². The van der Waals surface area contributed by atoms with Gasteiger partial charge in [0.15, 0.2) is 5.82 Å². The summed E-state index contributed by atoms with van der Waals surface area (Å²) in [5, 5.41) is 15.9. The Morgan fingerprint density at radius 1 is 1.37 bits per heavy atom. The summed E-state index contributed by atoms with van der Waals surface area (Å²) in [5.41, 5.74) is 2.42. The van der Waals surface area contributed by atoms with Gasteiger partial charge in [0, 0.05) is 18.3 Å². The number of aromatic nitrogens is 4. The van der Waals surface area contributed by atoms with E-state index in [0.717, 1.165) is 25.3 Å². The fourth-order valence-corrected chi connectivity index (χ4v) is 2.03. The number of hydrogen-bond donors (Lipinski definition) is 1. The molecule has 5 nitrogen and oxygen atoms in total. The zero-order valence-corrected chi connectivity index (χ0v) is 11.8. The number of nitrogens with one attached hydrogen (secondary N) is 1. The van der Waals surface area contributed by atoms with Crippen molar-refractivity contribution in [1.82, 2.24) is 25.3 Å². The minimum Gasteiger partial charge on any atom is -0.312 e. The molecule has 0 fully saturated rings. The second-order valence-corrected chi connectivity index (χ2v) is 4.99. The zero-order valence-electron chi connectivity index (χ0n) is 11.8. The van der Waals surface area contributed by atoms with Gasteiger partial charge >= 0.3 is 0 Å². The normalized spacial score (nSPS) is 11.2. The van der Waals surface area contributed by atoms with Gasteiger partial charge in [0.2, 0.25) is 0 Å². The highest BCUT2D eigenvalue weighted by Crippen LogP contribution is 2.13. The van der Waals surface area contributed by atoms with E-state index < -0.39 is 0 Å². The van der Waals surface area contributed by atoms with Crippen LogP contribution in [0.3, 0.4) is 0 Å². The zero-order chi connectivity index (χ0) is 13.7. The van der Waals surface area contributed by atoms with Crippen LogP contribution in [0.15, 0.2) is 24.5 Å². The average Bonchev–Trinajstić information content (AvgIpc) is 2.82. The summed E-state index contributed by atoms with van der Waals surface area (Å²) >= 11 is 0. The lowest BCUT2D eigenvalue weighted by molar-refractivity contribution is 0.551. The molecule has 2 aromatic heterocycles. The van der Waals surface area contributed by atoms with Crippen LogP contribution in [-0.4, -0.2) is 26.5 Å². The van der Waals surface area contributed by atoms with Gasteiger partial charge in [0.1, 0.15) is 0 Å². The molecule has 0 spiro atoms. The highest BCUT2D eigenvalue weighted by Gasteiger charge is 2.11. The molecule has 0 unspecified atom stereocenters. The van der Waals surface area contributed by atoms with E-state index in [-0.39, 0.29) is 0 Å². The third-order valence-electron chi connectivity index (χ3n) is 2.93. The number of hydrogen-bond acceptors (Lipinski definition) is 4. The molecule has 102 valence electrons. The molecule has 0 radical (unpaired) electrons. The van der Waals surface area contributed by atoms with Crippen molar-refractivity contribution in [3.8, 4) is 5.82 Å². The van der Waals surface area contributed by atoms with E-state index in [1.165, 1.54) is 11.3 Å². The first kappa shape index (κ1) is 13.7. The molecule has 5 heteroatoms. The summed E-state index contributed by atoms with van der Waals surface area (Å²) < 4.78 is 1.87. The predicted octanol–water partition coefficient (Wildman–Crippen LogP) is 1.97. The predicted molar refractivity (Wildman–Crippen MR) is 75.1 cm³/mol. The first-order valence-electron chi connectivity index (χ1n) is 6.77. The molecule has 0 atom stereocenters. The third-order valence-corrected chi connectivity index (χ3v) is 2.93. The molecular weight excluding hydrogens is 238 g/mol. The topological polar surface area (TPSA) is 55.6 Å². The Hall–Kier alpha value is -1.75. The molecular formula is C14H21N5. The quantitative estimate of drug-likeness (QED) is 0.861. The Labute approximate surface area is 114 Å². The Kier molecular flexibility index (Phi) is 4.63. The Balaban J connectivity index is 2.16. The molecule has 2 aromatic rings. The molecule has 2 rings (SSSR count). The largest absolute Gasteiger partial charge is 0.312 e. The van der Waals surface area contributed by atoms with Crippen LogP contribution in [0.4, 0.5) is 0 Å². The molecule has 1 N–H and O–H groups in total. The lowest BCUT2D eigenvalue weighted by atomic mass is 10.2. The highest BCUT2D eigenvalue weighted by molar-refractivity contribution is 5.27. The van der Waals surface area contributed by atoms with Crippen molar-refractivity contribution < 1.29 is 0 Å². The summed E-state index contributed by atoms with van der Waals surface area (Å²) in [6.45, 7) is 8.41. The number of nitrogens with zero attached hydrogens (tertiary/aromatic N) is 4. The number of rotatable bonds is 6. The summed E-state index contributed by atoms with van der Waals surface area (Å²) in [4.78, 5) is 0. The van der Waals surface area contributed by atoms with Crippen molar-refractivity contribution in [3.05, 3.63) is 35.8 Å². The summed E-state index contributed by atoms with van der Waals surface area (Å²) in [6.07, 6.45) is 4.51. The van der Waals surface area contributed by atoms with Crippen LogP contribution < -0.4 is 5.32 Å². The van der Waals surface area contributed by atoms with Gasteiger partial charge in [-0.15, -0.1) is 5.10 Å². The fraction of sp³-hybridized carbons (Fsp3) is 0.500. The van der Waals surface area contributed by atoms with Gasteiger partial charge in [-0.1, -0.05) is 20.8 Å². The van der Waals surface area contributed by atoms with E-state index in [2.05, 4.69) is 41.4 Å². The van der Waals surface area contributed by atoms with Crippen LogP contribution >= 0.6 is 0 Å². The maximum Gasteiger partial charge on any atom is 0.175 e. The van der Waals surface area contributed by atoms with Gasteiger partial charge in [-0.2, -0.15) is 10.2 Å². The molecule has 0 aliphatic rings. The van der Waals surface area contributed by atoms with Gasteiger partial charge in [-0.3, -0.25) is 0 Å². The summed E-state index contributed by atoms with van der Waals surface area (Å²) in [5.74, 6) is 1.43. The molecule has 0 saturated carbocycles. The Morgan fingerprint density at radius 2 is 2.21 bits per heavy atom. The van der Waals surface area contributed by atoms with Gasteiger partial charge in [-0.05, 0) is 31.0 Å². The van der Waals surface area contributed by atoms with Crippen molar-refractivity contribution >= 4 is 0 Å². The van der Waals surface area contributed by atoms with Crippen molar-refractivity contribution in [2.45, 2.75) is 33.7 Å². The first-order chi connectivity index (χ1) is 9.22. The monoisotopic (exact) mass is 259 g/mol. The Morgan fingerprint density at radius 3 is 2.84 bits per heavy atom. The van der Waals surface area contributed by atoms with Crippen molar-refractivity contribution in [3.63, 3.8) is 0 Å². The highest BCUT2D eigenvalue weighted by atomic mass is 15.3. The molecule has 0 aromatic carbocycles. The first-order valence-corrected chi connectivity index (χ1v) is 6.77. The maximum atomic E-state index is 4.43. The van der Waals surface area contributed by atoms with E-state index in [0.29, 0.717) is 5.92 Å². The summed E-state index contributed by atoms with van der Waals surface area (Å²) in [6, 6.07) is 3.80. The fourth-order valence-electron chi connectivity index (χ4n) is 2.03. The minimum absolute atomic E-state index is 0.653. The van der Waals surface area contributed by atoms with E-state index in [4.69, 9.17) is 0 Å². The van der Waals surface area contributed by atoms with Gasteiger partial charge in [0.25, 0.3) is 0 Å². The second kappa shape index (κ2) is 6.43. The molecule has 0 amide bonds. The Bertz CT molecular complexity index is 504. The standard InChI is InChI=1S/C14H21N5/c1-4-13-12(9-15-8-11(2)3)10-17-19(13)14-6-5-7-16-18-14/h5-7,10-11,15H,4,8-9H2,1-3H3. The lowest BCUT2D eigenvalue weighted by Gasteiger charge is -2.09. The van der Waals surface area contributed by atoms with E-state index >= 15 is 0 Å². The minimum atomic E-state index is 0.653. The van der Waals surface area contributed by atoms with Crippen LogP contribution in [0, 0.1) is 5.92 Å². The van der Waals surface area contributed by atoms with Crippen LogP contribution in [0.1, 0.15) is 32.0 Å². The van der Waals surface area contributed by atoms with E-state index in [1.807, 2.05) is 23.0 Å². The maximum absolute atomic E-state index is 4.43. The molecule has 0 aliphatic heterocycles. The van der Waals surface area contributed by atoms with E-state index in [9.17, 15) is 0 Å². The van der Waals surface area contributed by atoms with Crippen LogP contribution in [0.25, 0.3) is 5.82 Å². The third kappa shape index (κ3) is 3.38. The molecule has 0 aliphatic carbocycles. The van der Waals surface area contributed by atoms with Crippen molar-refractivity contribution in [2.24, 2.45) is 5.92 Å². The van der Waals surface area contributed by atoms with Crippen molar-refractivity contribution in [1.29, 1.82) is 0 Å².